The average molecular weight is 394 g/mol. The molecule has 1 aromatic carbocycles. The van der Waals surface area contributed by atoms with Crippen molar-refractivity contribution in [1.29, 1.82) is 0 Å². The highest BCUT2D eigenvalue weighted by Gasteiger charge is 2.26. The molecule has 1 N–H and O–H groups in total. The third kappa shape index (κ3) is 3.77. The molecule has 7 nitrogen and oxygen atoms in total. The number of hydrogen-bond donors (Lipinski definition) is 1. The molecule has 1 amide bonds. The van der Waals surface area contributed by atoms with Crippen molar-refractivity contribution >= 4 is 11.6 Å². The molecule has 1 aliphatic rings. The Bertz CT molecular complexity index is 1100. The fourth-order valence-electron chi connectivity index (χ4n) is 3.93. The van der Waals surface area contributed by atoms with E-state index >= 15 is 0 Å². The Morgan fingerprint density at radius 1 is 1.28 bits per heavy atom. The summed E-state index contributed by atoms with van der Waals surface area (Å²) in [5, 5.41) is 3.21. The molecule has 1 unspecified atom stereocenters. The van der Waals surface area contributed by atoms with Crippen molar-refractivity contribution in [3.63, 3.8) is 0 Å². The molecule has 1 fully saturated rings. The van der Waals surface area contributed by atoms with Crippen LogP contribution in [0.5, 0.6) is 5.75 Å². The quantitative estimate of drug-likeness (QED) is 0.738. The molecule has 0 aliphatic carbocycles. The van der Waals surface area contributed by atoms with E-state index in [1.807, 2.05) is 42.2 Å². The topological polar surface area (TPSA) is 79.7 Å². The highest BCUT2D eigenvalue weighted by molar-refractivity contribution is 5.79. The van der Waals surface area contributed by atoms with Gasteiger partial charge in [-0.3, -0.25) is 14.7 Å². The lowest BCUT2D eigenvalue weighted by atomic mass is 9.94. The molecule has 0 spiro atoms. The zero-order valence-electron chi connectivity index (χ0n) is 17.1. The largest absolute Gasteiger partial charge is 0.497 e. The number of carbonyl (C=O) groups excluding carboxylic acids is 1. The molecule has 0 radical (unpaired) electrons. The summed E-state index contributed by atoms with van der Waals surface area (Å²) in [5.74, 6) is 1.08. The van der Waals surface area contributed by atoms with E-state index < -0.39 is 0 Å². The number of piperidine rings is 1. The van der Waals surface area contributed by atoms with Crippen LogP contribution in [0.2, 0.25) is 0 Å². The van der Waals surface area contributed by atoms with E-state index in [0.29, 0.717) is 24.2 Å². The van der Waals surface area contributed by atoms with Crippen molar-refractivity contribution in [1.82, 2.24) is 19.5 Å². The number of benzene rings is 1. The van der Waals surface area contributed by atoms with Crippen molar-refractivity contribution < 1.29 is 9.53 Å². The van der Waals surface area contributed by atoms with Gasteiger partial charge in [-0.05, 0) is 44.4 Å². The smallest absolute Gasteiger partial charge is 0.275 e. The number of nitrogens with one attached hydrogen (secondary N) is 1. The van der Waals surface area contributed by atoms with Crippen molar-refractivity contribution in [3.05, 3.63) is 63.2 Å². The first-order chi connectivity index (χ1) is 14.0. The average Bonchev–Trinajstić information content (AvgIpc) is 3.17. The minimum Gasteiger partial charge on any atom is -0.497 e. The van der Waals surface area contributed by atoms with Crippen molar-refractivity contribution in [2.75, 3.05) is 20.2 Å². The normalized spacial score (nSPS) is 16.9. The number of H-pyrrole nitrogens is 1. The zero-order valence-corrected chi connectivity index (χ0v) is 17.1. The number of methoxy groups -OCH3 is 1. The van der Waals surface area contributed by atoms with Crippen LogP contribution in [0.25, 0.3) is 5.65 Å². The van der Waals surface area contributed by atoms with Gasteiger partial charge in [0.25, 0.3) is 5.56 Å². The molecule has 0 bridgehead atoms. The molecule has 152 valence electrons. The maximum absolute atomic E-state index is 12.8. The molecular formula is C22H26N4O3. The van der Waals surface area contributed by atoms with Gasteiger partial charge in [-0.25, -0.2) is 9.50 Å². The van der Waals surface area contributed by atoms with Crippen LogP contribution in [0.15, 0.2) is 35.1 Å². The second-order valence-corrected chi connectivity index (χ2v) is 7.74. The molecule has 1 saturated heterocycles. The third-order valence-corrected chi connectivity index (χ3v) is 5.83. The summed E-state index contributed by atoms with van der Waals surface area (Å²) in [6.45, 7) is 5.05. The van der Waals surface area contributed by atoms with Gasteiger partial charge in [-0.15, -0.1) is 0 Å². The number of likely N-dealkylation sites (tertiary alicyclic amines) is 1. The van der Waals surface area contributed by atoms with Gasteiger partial charge in [-0.2, -0.15) is 0 Å². The van der Waals surface area contributed by atoms with E-state index in [4.69, 9.17) is 4.74 Å². The number of aromatic nitrogens is 3. The summed E-state index contributed by atoms with van der Waals surface area (Å²) in [6, 6.07) is 9.55. The lowest BCUT2D eigenvalue weighted by Gasteiger charge is -2.32. The van der Waals surface area contributed by atoms with Crippen molar-refractivity contribution in [2.24, 2.45) is 0 Å². The van der Waals surface area contributed by atoms with Crippen molar-refractivity contribution in [3.8, 4) is 5.75 Å². The van der Waals surface area contributed by atoms with Crippen LogP contribution < -0.4 is 10.3 Å². The molecule has 0 saturated carbocycles. The highest BCUT2D eigenvalue weighted by atomic mass is 16.5. The Hall–Kier alpha value is -3.09. The van der Waals surface area contributed by atoms with Crippen LogP contribution in [0.4, 0.5) is 0 Å². The van der Waals surface area contributed by atoms with Gasteiger partial charge >= 0.3 is 0 Å². The Morgan fingerprint density at radius 2 is 2.03 bits per heavy atom. The third-order valence-electron chi connectivity index (χ3n) is 5.83. The monoisotopic (exact) mass is 394 g/mol. The molecule has 2 aromatic heterocycles. The lowest BCUT2D eigenvalue weighted by molar-refractivity contribution is -0.131. The van der Waals surface area contributed by atoms with Gasteiger partial charge in [0.15, 0.2) is 5.65 Å². The summed E-state index contributed by atoms with van der Waals surface area (Å²) >= 11 is 0. The fourth-order valence-corrected chi connectivity index (χ4v) is 3.93. The van der Waals surface area contributed by atoms with Crippen LogP contribution in [-0.2, 0) is 11.2 Å². The number of fused-ring (bicyclic) bond motifs is 1. The number of amides is 1. The summed E-state index contributed by atoms with van der Waals surface area (Å²) < 4.78 is 6.68. The highest BCUT2D eigenvalue weighted by Crippen LogP contribution is 2.27. The standard InChI is InChI=1S/C22H26N4O3/c1-14-15(2)23-20-12-19(24-26(20)22(14)28)17-5-4-10-25(13-17)21(27)11-16-6-8-18(29-3)9-7-16/h6-9,12,17,24H,4-5,10-11,13H2,1-3H3. The van der Waals surface area contributed by atoms with Gasteiger partial charge in [0, 0.05) is 42.0 Å². The molecular weight excluding hydrogens is 368 g/mol. The van der Waals surface area contributed by atoms with E-state index in [-0.39, 0.29) is 17.4 Å². The Balaban J connectivity index is 1.50. The molecule has 3 heterocycles. The van der Waals surface area contributed by atoms with Gasteiger partial charge in [0.1, 0.15) is 5.75 Å². The number of aryl methyl sites for hydroxylation is 1. The number of carbonyl (C=O) groups is 1. The minimum absolute atomic E-state index is 0.0676. The Labute approximate surface area is 169 Å². The first kappa shape index (κ1) is 19.2. The fraction of sp³-hybridized carbons (Fsp3) is 0.409. The first-order valence-electron chi connectivity index (χ1n) is 9.96. The van der Waals surface area contributed by atoms with Gasteiger partial charge in [-0.1, -0.05) is 12.1 Å². The maximum Gasteiger partial charge on any atom is 0.275 e. The van der Waals surface area contributed by atoms with E-state index in [1.54, 1.807) is 14.0 Å². The minimum atomic E-state index is -0.0676. The summed E-state index contributed by atoms with van der Waals surface area (Å²) in [7, 11) is 1.63. The summed E-state index contributed by atoms with van der Waals surface area (Å²) in [5.41, 5.74) is 3.90. The predicted molar refractivity (Wildman–Crippen MR) is 111 cm³/mol. The van der Waals surface area contributed by atoms with Gasteiger partial charge in [0.2, 0.25) is 5.91 Å². The predicted octanol–water partition coefficient (Wildman–Crippen LogP) is 2.60. The lowest BCUT2D eigenvalue weighted by Crippen LogP contribution is -2.40. The number of rotatable bonds is 4. The van der Waals surface area contributed by atoms with Gasteiger partial charge < -0.3 is 9.64 Å². The van der Waals surface area contributed by atoms with Crippen LogP contribution >= 0.6 is 0 Å². The molecule has 4 rings (SSSR count). The summed E-state index contributed by atoms with van der Waals surface area (Å²) in [4.78, 5) is 31.8. The first-order valence-corrected chi connectivity index (χ1v) is 9.96. The van der Waals surface area contributed by atoms with E-state index in [2.05, 4.69) is 10.1 Å². The molecule has 1 aliphatic heterocycles. The molecule has 1 atom stereocenters. The maximum atomic E-state index is 12.8. The number of hydrogen-bond acceptors (Lipinski definition) is 4. The second kappa shape index (κ2) is 7.73. The second-order valence-electron chi connectivity index (χ2n) is 7.74. The number of aromatic amines is 1. The van der Waals surface area contributed by atoms with E-state index in [9.17, 15) is 9.59 Å². The zero-order chi connectivity index (χ0) is 20.5. The van der Waals surface area contributed by atoms with E-state index in [1.165, 1.54) is 4.52 Å². The van der Waals surface area contributed by atoms with Crippen LogP contribution in [-0.4, -0.2) is 45.6 Å². The van der Waals surface area contributed by atoms with Crippen LogP contribution in [0, 0.1) is 13.8 Å². The van der Waals surface area contributed by atoms with E-state index in [0.717, 1.165) is 42.1 Å². The summed E-state index contributed by atoms with van der Waals surface area (Å²) in [6.07, 6.45) is 2.30. The van der Waals surface area contributed by atoms with Crippen LogP contribution in [0.3, 0.4) is 0 Å². The molecule has 7 heteroatoms. The SMILES string of the molecule is COc1ccc(CC(=O)N2CCCC(c3cc4nc(C)c(C)c(=O)n4[nH]3)C2)cc1. The number of ether oxygens (including phenoxy) is 1. The van der Waals surface area contributed by atoms with Crippen LogP contribution in [0.1, 0.15) is 41.3 Å². The molecule has 3 aromatic rings. The van der Waals surface area contributed by atoms with Crippen molar-refractivity contribution in [2.45, 2.75) is 39.0 Å². The number of nitrogens with zero attached hydrogens (tertiary/aromatic N) is 3. The van der Waals surface area contributed by atoms with Gasteiger partial charge in [0.05, 0.1) is 13.5 Å². The Kier molecular flexibility index (Phi) is 5.13. The molecule has 29 heavy (non-hydrogen) atoms. The Morgan fingerprint density at radius 3 is 2.76 bits per heavy atom.